The first-order valence-electron chi connectivity index (χ1n) is 8.57. The Bertz CT molecular complexity index is 812. The third-order valence-corrected chi connectivity index (χ3v) is 4.87. The fraction of sp³-hybridized carbons (Fsp3) is 0.286. The summed E-state index contributed by atoms with van der Waals surface area (Å²) in [6, 6.07) is 18.7. The number of aryl methyl sites for hydroxylation is 1. The van der Waals surface area contributed by atoms with E-state index >= 15 is 0 Å². The van der Waals surface area contributed by atoms with E-state index in [0.29, 0.717) is 19.1 Å². The smallest absolute Gasteiger partial charge is 0.133 e. The molecular formula is C21H24N2OS. The third kappa shape index (κ3) is 4.97. The predicted molar refractivity (Wildman–Crippen MR) is 103 cm³/mol. The van der Waals surface area contributed by atoms with Crippen LogP contribution in [0.25, 0.3) is 0 Å². The monoisotopic (exact) mass is 352 g/mol. The highest BCUT2D eigenvalue weighted by molar-refractivity contribution is 7.99. The number of ether oxygens (including phenoxy) is 1. The number of hydrogen-bond donors (Lipinski definition) is 1. The number of nitrogens with zero attached hydrogens (tertiary/aromatic N) is 1. The molecule has 3 rings (SSSR count). The number of H-pyrrole nitrogens is 1. The van der Waals surface area contributed by atoms with Gasteiger partial charge in [-0.15, -0.1) is 0 Å². The topological polar surface area (TPSA) is 37.9 Å². The molecule has 0 aliphatic rings. The Balaban J connectivity index is 1.69. The van der Waals surface area contributed by atoms with Crippen LogP contribution in [0, 0.1) is 6.92 Å². The van der Waals surface area contributed by atoms with Crippen LogP contribution in [0.2, 0.25) is 0 Å². The Morgan fingerprint density at radius 1 is 1.04 bits per heavy atom. The zero-order valence-electron chi connectivity index (χ0n) is 15.0. The van der Waals surface area contributed by atoms with Crippen molar-refractivity contribution in [2.75, 3.05) is 0 Å². The van der Waals surface area contributed by atoms with Crippen molar-refractivity contribution in [1.29, 1.82) is 0 Å². The van der Waals surface area contributed by atoms with E-state index in [2.05, 4.69) is 62.2 Å². The van der Waals surface area contributed by atoms with Gasteiger partial charge in [0.2, 0.25) is 0 Å². The molecule has 1 N–H and O–H groups in total. The van der Waals surface area contributed by atoms with E-state index < -0.39 is 0 Å². The molecule has 4 heteroatoms. The van der Waals surface area contributed by atoms with E-state index in [4.69, 9.17) is 9.72 Å². The van der Waals surface area contributed by atoms with Crippen LogP contribution in [-0.2, 0) is 18.0 Å². The standard InChI is InChI=1S/C21H24N2OS/c1-15(2)20-21(25-18-11-7-8-16(3)12-18)23-19(22-20)14-24-13-17-9-5-4-6-10-17/h4-12,15H,13-14H2,1-3H3,(H,22,23). The molecule has 0 amide bonds. The largest absolute Gasteiger partial charge is 0.369 e. The summed E-state index contributed by atoms with van der Waals surface area (Å²) in [4.78, 5) is 9.43. The van der Waals surface area contributed by atoms with Crippen LogP contribution < -0.4 is 0 Å². The van der Waals surface area contributed by atoms with Gasteiger partial charge in [0.25, 0.3) is 0 Å². The van der Waals surface area contributed by atoms with Crippen LogP contribution in [0.3, 0.4) is 0 Å². The fourth-order valence-electron chi connectivity index (χ4n) is 2.59. The maximum atomic E-state index is 5.82. The molecule has 0 atom stereocenters. The molecule has 0 fully saturated rings. The Morgan fingerprint density at radius 2 is 1.84 bits per heavy atom. The zero-order chi connectivity index (χ0) is 17.6. The highest BCUT2D eigenvalue weighted by Gasteiger charge is 2.15. The normalized spacial score (nSPS) is 11.2. The molecule has 0 bridgehead atoms. The first kappa shape index (κ1) is 17.8. The summed E-state index contributed by atoms with van der Waals surface area (Å²) in [5.41, 5.74) is 3.61. The summed E-state index contributed by atoms with van der Waals surface area (Å²) in [5, 5.41) is 1.04. The molecule has 1 aromatic heterocycles. The zero-order valence-corrected chi connectivity index (χ0v) is 15.8. The lowest BCUT2D eigenvalue weighted by molar-refractivity contribution is 0.102. The lowest BCUT2D eigenvalue weighted by atomic mass is 10.2. The Kier molecular flexibility index (Phi) is 5.95. The number of aromatic nitrogens is 2. The van der Waals surface area contributed by atoms with Crippen LogP contribution in [-0.4, -0.2) is 9.97 Å². The van der Waals surface area contributed by atoms with E-state index in [9.17, 15) is 0 Å². The molecular weight excluding hydrogens is 328 g/mol. The van der Waals surface area contributed by atoms with Crippen molar-refractivity contribution in [2.24, 2.45) is 0 Å². The van der Waals surface area contributed by atoms with Gasteiger partial charge in [0.1, 0.15) is 17.5 Å². The first-order chi connectivity index (χ1) is 12.1. The molecule has 0 radical (unpaired) electrons. The van der Waals surface area contributed by atoms with Gasteiger partial charge in [0, 0.05) is 4.90 Å². The average Bonchev–Trinajstić information content (AvgIpc) is 2.99. The number of benzene rings is 2. The van der Waals surface area contributed by atoms with Gasteiger partial charge in [0.05, 0.1) is 12.3 Å². The van der Waals surface area contributed by atoms with Gasteiger partial charge < -0.3 is 9.72 Å². The summed E-state index contributed by atoms with van der Waals surface area (Å²) in [6.07, 6.45) is 0. The summed E-state index contributed by atoms with van der Waals surface area (Å²) in [5.74, 6) is 1.28. The van der Waals surface area contributed by atoms with Gasteiger partial charge in [-0.1, -0.05) is 73.6 Å². The molecule has 0 saturated heterocycles. The third-order valence-electron chi connectivity index (χ3n) is 3.88. The summed E-state index contributed by atoms with van der Waals surface area (Å²) < 4.78 is 5.82. The molecule has 0 aliphatic carbocycles. The van der Waals surface area contributed by atoms with Crippen molar-refractivity contribution < 1.29 is 4.74 Å². The van der Waals surface area contributed by atoms with Gasteiger partial charge in [0.15, 0.2) is 0 Å². The quantitative estimate of drug-likeness (QED) is 0.592. The minimum absolute atomic E-state index is 0.391. The molecule has 1 heterocycles. The van der Waals surface area contributed by atoms with Crippen molar-refractivity contribution in [3.05, 3.63) is 77.2 Å². The molecule has 3 nitrogen and oxygen atoms in total. The van der Waals surface area contributed by atoms with Gasteiger partial charge in [-0.3, -0.25) is 0 Å². The van der Waals surface area contributed by atoms with E-state index in [1.807, 2.05) is 18.2 Å². The predicted octanol–water partition coefficient (Wildman–Crippen LogP) is 5.71. The van der Waals surface area contributed by atoms with Crippen LogP contribution in [0.1, 0.15) is 42.4 Å². The van der Waals surface area contributed by atoms with E-state index in [0.717, 1.165) is 10.9 Å². The van der Waals surface area contributed by atoms with Crippen molar-refractivity contribution >= 4 is 11.8 Å². The molecule has 0 spiro atoms. The highest BCUT2D eigenvalue weighted by Crippen LogP contribution is 2.32. The molecule has 25 heavy (non-hydrogen) atoms. The van der Waals surface area contributed by atoms with Crippen molar-refractivity contribution in [3.8, 4) is 0 Å². The molecule has 130 valence electrons. The Morgan fingerprint density at radius 3 is 2.56 bits per heavy atom. The number of rotatable bonds is 7. The Hall–Kier alpha value is -2.04. The second kappa shape index (κ2) is 8.37. The van der Waals surface area contributed by atoms with Crippen LogP contribution in [0.5, 0.6) is 0 Å². The van der Waals surface area contributed by atoms with Crippen molar-refractivity contribution in [2.45, 2.75) is 49.8 Å². The summed E-state index contributed by atoms with van der Waals surface area (Å²) >= 11 is 1.71. The SMILES string of the molecule is Cc1cccc(Sc2nc(COCc3ccccc3)[nH]c2C(C)C)c1. The maximum Gasteiger partial charge on any atom is 0.133 e. The second-order valence-electron chi connectivity index (χ2n) is 6.45. The van der Waals surface area contributed by atoms with E-state index in [1.165, 1.54) is 21.7 Å². The van der Waals surface area contributed by atoms with Gasteiger partial charge >= 0.3 is 0 Å². The number of nitrogens with one attached hydrogen (secondary N) is 1. The summed E-state index contributed by atoms with van der Waals surface area (Å²) in [6.45, 7) is 7.56. The van der Waals surface area contributed by atoms with Crippen molar-refractivity contribution in [3.63, 3.8) is 0 Å². The van der Waals surface area contributed by atoms with E-state index in [-0.39, 0.29) is 0 Å². The van der Waals surface area contributed by atoms with Gasteiger partial charge in [-0.05, 0) is 30.5 Å². The Labute approximate surface area is 153 Å². The fourth-order valence-corrected chi connectivity index (χ4v) is 3.75. The highest BCUT2D eigenvalue weighted by atomic mass is 32.2. The molecule has 0 unspecified atom stereocenters. The van der Waals surface area contributed by atoms with Crippen LogP contribution in [0.15, 0.2) is 64.5 Å². The van der Waals surface area contributed by atoms with Crippen LogP contribution >= 0.6 is 11.8 Å². The van der Waals surface area contributed by atoms with Gasteiger partial charge in [-0.2, -0.15) is 0 Å². The van der Waals surface area contributed by atoms with Gasteiger partial charge in [-0.25, -0.2) is 4.98 Å². The molecule has 2 aromatic carbocycles. The molecule has 0 saturated carbocycles. The minimum Gasteiger partial charge on any atom is -0.369 e. The number of hydrogen-bond acceptors (Lipinski definition) is 3. The second-order valence-corrected chi connectivity index (χ2v) is 7.52. The van der Waals surface area contributed by atoms with Crippen molar-refractivity contribution in [1.82, 2.24) is 9.97 Å². The summed E-state index contributed by atoms with van der Waals surface area (Å²) in [7, 11) is 0. The lowest BCUT2D eigenvalue weighted by Crippen LogP contribution is -1.96. The number of imidazole rings is 1. The molecule has 0 aliphatic heterocycles. The van der Waals surface area contributed by atoms with E-state index in [1.54, 1.807) is 11.8 Å². The van der Waals surface area contributed by atoms with Crippen LogP contribution in [0.4, 0.5) is 0 Å². The lowest BCUT2D eigenvalue weighted by Gasteiger charge is -2.05. The number of aromatic amines is 1. The minimum atomic E-state index is 0.391. The maximum absolute atomic E-state index is 5.82. The molecule has 3 aromatic rings. The average molecular weight is 353 g/mol. The first-order valence-corrected chi connectivity index (χ1v) is 9.38.